The summed E-state index contributed by atoms with van der Waals surface area (Å²) in [5, 5.41) is 8.22. The highest BCUT2D eigenvalue weighted by Crippen LogP contribution is 2.33. The van der Waals surface area contributed by atoms with Crippen molar-refractivity contribution in [3.63, 3.8) is 0 Å². The average molecular weight is 430 g/mol. The molecular weight excluding hydrogens is 417 g/mol. The number of rotatable bonds is 3. The van der Waals surface area contributed by atoms with Crippen molar-refractivity contribution in [1.29, 1.82) is 0 Å². The number of nitrogens with one attached hydrogen (secondary N) is 1. The normalized spacial score (nSPS) is 11.6. The van der Waals surface area contributed by atoms with Gasteiger partial charge in [-0.25, -0.2) is 9.97 Å². The second kappa shape index (κ2) is 7.34. The summed E-state index contributed by atoms with van der Waals surface area (Å²) in [6.45, 7) is 1.89. The Morgan fingerprint density at radius 1 is 1.13 bits per heavy atom. The highest BCUT2D eigenvalue weighted by molar-refractivity contribution is 7.15. The van der Waals surface area contributed by atoms with Crippen molar-refractivity contribution in [3.8, 4) is 11.1 Å². The van der Waals surface area contributed by atoms with E-state index in [1.165, 1.54) is 0 Å². The number of aromatic nitrogens is 4. The SMILES string of the molecule is Cc1ccc(C(=O)Nc2nnc(C(F)(F)F)s2)cc1-c1ccc2nc(N)ncc2c1. The molecule has 0 atom stereocenters. The van der Waals surface area contributed by atoms with Crippen LogP contribution >= 0.6 is 11.3 Å². The third-order valence-electron chi connectivity index (χ3n) is 4.30. The van der Waals surface area contributed by atoms with Gasteiger partial charge in [0.1, 0.15) is 0 Å². The van der Waals surface area contributed by atoms with Crippen LogP contribution in [0.1, 0.15) is 20.9 Å². The zero-order valence-electron chi connectivity index (χ0n) is 15.4. The second-order valence-electron chi connectivity index (χ2n) is 6.40. The summed E-state index contributed by atoms with van der Waals surface area (Å²) >= 11 is 0.266. The van der Waals surface area contributed by atoms with Gasteiger partial charge in [-0.1, -0.05) is 23.5 Å². The molecule has 0 saturated carbocycles. The lowest BCUT2D eigenvalue weighted by atomic mass is 9.97. The van der Waals surface area contributed by atoms with Crippen molar-refractivity contribution in [1.82, 2.24) is 20.2 Å². The van der Waals surface area contributed by atoms with E-state index in [0.29, 0.717) is 5.52 Å². The molecule has 0 bridgehead atoms. The number of aryl methyl sites for hydroxylation is 1. The Labute approximate surface area is 171 Å². The number of benzene rings is 2. The Morgan fingerprint density at radius 3 is 2.67 bits per heavy atom. The molecule has 4 aromatic rings. The Balaban J connectivity index is 1.64. The molecule has 0 aliphatic rings. The molecule has 0 unspecified atom stereocenters. The van der Waals surface area contributed by atoms with Crippen molar-refractivity contribution < 1.29 is 18.0 Å². The van der Waals surface area contributed by atoms with Crippen LogP contribution in [-0.2, 0) is 6.18 Å². The predicted octanol–water partition coefficient (Wildman–Crippen LogP) is 4.31. The first-order chi connectivity index (χ1) is 14.2. The van der Waals surface area contributed by atoms with Crippen LogP contribution in [-0.4, -0.2) is 26.1 Å². The van der Waals surface area contributed by atoms with Gasteiger partial charge in [-0.15, -0.1) is 10.2 Å². The molecule has 7 nitrogen and oxygen atoms in total. The molecule has 0 saturated heterocycles. The van der Waals surface area contributed by atoms with E-state index in [4.69, 9.17) is 5.73 Å². The zero-order valence-corrected chi connectivity index (χ0v) is 16.2. The number of amides is 1. The quantitative estimate of drug-likeness (QED) is 0.502. The zero-order chi connectivity index (χ0) is 21.5. The maximum Gasteiger partial charge on any atom is 0.445 e. The first-order valence-corrected chi connectivity index (χ1v) is 9.38. The number of alkyl halides is 3. The first kappa shape index (κ1) is 19.7. The van der Waals surface area contributed by atoms with E-state index in [1.54, 1.807) is 30.5 Å². The lowest BCUT2D eigenvalue weighted by Crippen LogP contribution is -2.12. The number of nitrogen functional groups attached to an aromatic ring is 1. The van der Waals surface area contributed by atoms with E-state index in [-0.39, 0.29) is 28.0 Å². The highest BCUT2D eigenvalue weighted by Gasteiger charge is 2.35. The smallest absolute Gasteiger partial charge is 0.368 e. The maximum atomic E-state index is 12.7. The van der Waals surface area contributed by atoms with Crippen LogP contribution in [0.15, 0.2) is 42.6 Å². The molecule has 2 heterocycles. The Kier molecular flexibility index (Phi) is 4.82. The molecule has 0 spiro atoms. The highest BCUT2D eigenvalue weighted by atomic mass is 32.1. The van der Waals surface area contributed by atoms with Gasteiger partial charge < -0.3 is 5.73 Å². The van der Waals surface area contributed by atoms with Gasteiger partial charge in [0.2, 0.25) is 16.1 Å². The van der Waals surface area contributed by atoms with Crippen molar-refractivity contribution >= 4 is 39.2 Å². The third kappa shape index (κ3) is 3.92. The largest absolute Gasteiger partial charge is 0.445 e. The Bertz CT molecular complexity index is 1270. The summed E-state index contributed by atoms with van der Waals surface area (Å²) in [7, 11) is 0. The molecule has 2 aromatic heterocycles. The number of fused-ring (bicyclic) bond motifs is 1. The maximum absolute atomic E-state index is 12.7. The van der Waals surface area contributed by atoms with Crippen molar-refractivity contribution in [2.75, 3.05) is 11.1 Å². The number of carbonyl (C=O) groups excluding carboxylic acids is 1. The molecule has 0 aliphatic heterocycles. The number of nitrogens with zero attached hydrogens (tertiary/aromatic N) is 4. The fourth-order valence-corrected chi connectivity index (χ4v) is 3.45. The summed E-state index contributed by atoms with van der Waals surface area (Å²) in [6.07, 6.45) is -3.00. The van der Waals surface area contributed by atoms with Gasteiger partial charge in [-0.2, -0.15) is 13.2 Å². The van der Waals surface area contributed by atoms with Gasteiger partial charge in [0.15, 0.2) is 0 Å². The van der Waals surface area contributed by atoms with Crippen molar-refractivity contribution in [2.24, 2.45) is 0 Å². The minimum absolute atomic E-state index is 0.176. The molecule has 152 valence electrons. The third-order valence-corrected chi connectivity index (χ3v) is 5.18. The molecular formula is C19H13F3N6OS. The van der Waals surface area contributed by atoms with Crippen LogP contribution in [0.2, 0.25) is 0 Å². The van der Waals surface area contributed by atoms with Crippen LogP contribution < -0.4 is 11.1 Å². The van der Waals surface area contributed by atoms with Gasteiger partial charge in [-0.05, 0) is 47.9 Å². The molecule has 0 aliphatic carbocycles. The van der Waals surface area contributed by atoms with E-state index < -0.39 is 17.1 Å². The minimum Gasteiger partial charge on any atom is -0.368 e. The van der Waals surface area contributed by atoms with E-state index in [0.717, 1.165) is 22.1 Å². The molecule has 11 heteroatoms. The lowest BCUT2D eigenvalue weighted by molar-refractivity contribution is -0.138. The van der Waals surface area contributed by atoms with Gasteiger partial charge in [0, 0.05) is 17.1 Å². The van der Waals surface area contributed by atoms with Crippen molar-refractivity contribution in [3.05, 3.63) is 58.7 Å². The number of hydrogen-bond donors (Lipinski definition) is 2. The topological polar surface area (TPSA) is 107 Å². The molecule has 0 radical (unpaired) electrons. The minimum atomic E-state index is -4.61. The van der Waals surface area contributed by atoms with Gasteiger partial charge >= 0.3 is 6.18 Å². The number of nitrogens with two attached hydrogens (primary N) is 1. The van der Waals surface area contributed by atoms with Crippen LogP contribution in [0.3, 0.4) is 0 Å². The monoisotopic (exact) mass is 430 g/mol. The summed E-state index contributed by atoms with van der Waals surface area (Å²) in [5.74, 6) is -0.409. The van der Waals surface area contributed by atoms with Crippen LogP contribution in [0.5, 0.6) is 0 Å². The lowest BCUT2D eigenvalue weighted by Gasteiger charge is -2.10. The van der Waals surface area contributed by atoms with E-state index >= 15 is 0 Å². The predicted molar refractivity (Wildman–Crippen MR) is 107 cm³/mol. The summed E-state index contributed by atoms with van der Waals surface area (Å²) < 4.78 is 38.0. The number of halogens is 3. The number of hydrogen-bond acceptors (Lipinski definition) is 7. The van der Waals surface area contributed by atoms with Crippen LogP contribution in [0.25, 0.3) is 22.0 Å². The molecule has 0 fully saturated rings. The van der Waals surface area contributed by atoms with Crippen molar-refractivity contribution in [2.45, 2.75) is 13.1 Å². The molecule has 2 aromatic carbocycles. The number of carbonyl (C=O) groups is 1. The van der Waals surface area contributed by atoms with E-state index in [9.17, 15) is 18.0 Å². The van der Waals surface area contributed by atoms with Crippen LogP contribution in [0, 0.1) is 6.92 Å². The Morgan fingerprint density at radius 2 is 1.93 bits per heavy atom. The number of anilines is 2. The van der Waals surface area contributed by atoms with Gasteiger partial charge in [0.05, 0.1) is 5.52 Å². The summed E-state index contributed by atoms with van der Waals surface area (Å²) in [6, 6.07) is 10.5. The van der Waals surface area contributed by atoms with Gasteiger partial charge in [-0.3, -0.25) is 10.1 Å². The standard InChI is InChI=1S/C19H13F3N6OS/c1-9-2-3-11(15(29)26-18-28-27-16(30-18)19(20,21)22)7-13(9)10-4-5-14-12(6-10)8-24-17(23)25-14/h2-8H,1H3,(H2,23,24,25)(H,26,28,29). The van der Waals surface area contributed by atoms with Crippen LogP contribution in [0.4, 0.5) is 24.3 Å². The molecule has 4 rings (SSSR count). The average Bonchev–Trinajstić information content (AvgIpc) is 3.17. The first-order valence-electron chi connectivity index (χ1n) is 8.56. The molecule has 1 amide bonds. The van der Waals surface area contributed by atoms with E-state index in [1.807, 2.05) is 19.1 Å². The second-order valence-corrected chi connectivity index (χ2v) is 7.37. The fraction of sp³-hybridized carbons (Fsp3) is 0.105. The summed E-state index contributed by atoms with van der Waals surface area (Å²) in [4.78, 5) is 20.7. The molecule has 30 heavy (non-hydrogen) atoms. The summed E-state index contributed by atoms with van der Waals surface area (Å²) in [5.41, 5.74) is 9.09. The Hall–Kier alpha value is -3.60. The van der Waals surface area contributed by atoms with E-state index in [2.05, 4.69) is 25.5 Å². The fourth-order valence-electron chi connectivity index (χ4n) is 2.85. The molecule has 3 N–H and O–H groups in total. The van der Waals surface area contributed by atoms with Gasteiger partial charge in [0.25, 0.3) is 5.91 Å².